The lowest BCUT2D eigenvalue weighted by molar-refractivity contribution is 0.276. The molecule has 0 atom stereocenters. The highest BCUT2D eigenvalue weighted by Gasteiger charge is 2.00. The highest BCUT2D eigenvalue weighted by atomic mass is 79.9. The van der Waals surface area contributed by atoms with E-state index in [2.05, 4.69) is 20.9 Å². The first-order valence-corrected chi connectivity index (χ1v) is 5.33. The van der Waals surface area contributed by atoms with Crippen LogP contribution in [-0.4, -0.2) is 14.5 Å². The second-order valence-corrected chi connectivity index (χ2v) is 3.40. The highest BCUT2D eigenvalue weighted by molar-refractivity contribution is 9.10. The number of pyridine rings is 1. The molecule has 0 aliphatic heterocycles. The summed E-state index contributed by atoms with van der Waals surface area (Å²) in [6.07, 6.45) is 3.55. The fourth-order valence-corrected chi connectivity index (χ4v) is 1.46. The second-order valence-electron chi connectivity index (χ2n) is 2.48. The minimum absolute atomic E-state index is 0.0115. The molecule has 0 saturated heterocycles. The van der Waals surface area contributed by atoms with Gasteiger partial charge in [0.15, 0.2) is 0 Å². The minimum Gasteiger partial charge on any atom is -0.390 e. The molecule has 14 heavy (non-hydrogen) atoms. The van der Waals surface area contributed by atoms with Crippen LogP contribution >= 0.6 is 15.9 Å². The van der Waals surface area contributed by atoms with E-state index in [1.54, 1.807) is 6.20 Å². The van der Waals surface area contributed by atoms with Gasteiger partial charge in [0, 0.05) is 10.7 Å². The first kappa shape index (κ1) is 11.2. The molecular formula is C10H13BrN2O. The molecule has 0 aliphatic rings. The zero-order chi connectivity index (χ0) is 10.6. The van der Waals surface area contributed by atoms with Crippen molar-refractivity contribution in [2.45, 2.75) is 20.5 Å². The number of hydrogen-bond acceptors (Lipinski definition) is 2. The van der Waals surface area contributed by atoms with Crippen LogP contribution in [0.25, 0.3) is 5.65 Å². The Bertz CT molecular complexity index is 411. The Hall–Kier alpha value is -0.870. The minimum atomic E-state index is 0.0115. The number of nitrogens with zero attached hydrogens (tertiary/aromatic N) is 2. The van der Waals surface area contributed by atoms with E-state index in [4.69, 9.17) is 5.11 Å². The van der Waals surface area contributed by atoms with Crippen molar-refractivity contribution in [3.8, 4) is 0 Å². The van der Waals surface area contributed by atoms with Crippen molar-refractivity contribution in [3.05, 3.63) is 34.7 Å². The molecule has 0 fully saturated rings. The van der Waals surface area contributed by atoms with Crippen LogP contribution in [0.2, 0.25) is 0 Å². The zero-order valence-corrected chi connectivity index (χ0v) is 9.82. The van der Waals surface area contributed by atoms with Crippen LogP contribution in [0, 0.1) is 0 Å². The van der Waals surface area contributed by atoms with E-state index < -0.39 is 0 Å². The second kappa shape index (κ2) is 5.12. The van der Waals surface area contributed by atoms with Crippen molar-refractivity contribution in [3.63, 3.8) is 0 Å². The van der Waals surface area contributed by atoms with Gasteiger partial charge in [-0.3, -0.25) is 0 Å². The molecule has 76 valence electrons. The maximum absolute atomic E-state index is 8.94. The molecule has 0 saturated carbocycles. The van der Waals surface area contributed by atoms with Crippen molar-refractivity contribution in [2.24, 2.45) is 0 Å². The molecular weight excluding hydrogens is 244 g/mol. The van der Waals surface area contributed by atoms with Crippen LogP contribution in [0.1, 0.15) is 19.5 Å². The summed E-state index contributed by atoms with van der Waals surface area (Å²) in [5, 5.41) is 8.94. The summed E-state index contributed by atoms with van der Waals surface area (Å²) in [7, 11) is 0. The van der Waals surface area contributed by atoms with Gasteiger partial charge in [0.2, 0.25) is 0 Å². The van der Waals surface area contributed by atoms with Crippen molar-refractivity contribution in [1.29, 1.82) is 0 Å². The number of aromatic nitrogens is 2. The molecule has 0 radical (unpaired) electrons. The number of rotatable bonds is 1. The Labute approximate surface area is 91.5 Å². The average Bonchev–Trinajstić information content (AvgIpc) is 2.63. The summed E-state index contributed by atoms with van der Waals surface area (Å²) in [5.74, 6) is 0. The predicted molar refractivity (Wildman–Crippen MR) is 60.2 cm³/mol. The highest BCUT2D eigenvalue weighted by Crippen LogP contribution is 2.13. The van der Waals surface area contributed by atoms with Gasteiger partial charge in [-0.25, -0.2) is 4.98 Å². The summed E-state index contributed by atoms with van der Waals surface area (Å²) in [5.41, 5.74) is 1.65. The Kier molecular flexibility index (Phi) is 4.10. The van der Waals surface area contributed by atoms with Gasteiger partial charge in [0.1, 0.15) is 5.65 Å². The van der Waals surface area contributed by atoms with E-state index >= 15 is 0 Å². The van der Waals surface area contributed by atoms with Gasteiger partial charge in [-0.2, -0.15) is 0 Å². The Balaban J connectivity index is 0.000000461. The normalized spacial score (nSPS) is 9.71. The quantitative estimate of drug-likeness (QED) is 0.852. The molecule has 2 aromatic heterocycles. The Morgan fingerprint density at radius 3 is 2.79 bits per heavy atom. The molecule has 2 heterocycles. The van der Waals surface area contributed by atoms with Crippen LogP contribution in [0.15, 0.2) is 29.0 Å². The first-order valence-electron chi connectivity index (χ1n) is 4.53. The van der Waals surface area contributed by atoms with Gasteiger partial charge in [0.05, 0.1) is 18.5 Å². The molecule has 2 aromatic rings. The van der Waals surface area contributed by atoms with Crippen molar-refractivity contribution >= 4 is 21.6 Å². The van der Waals surface area contributed by atoms with Crippen LogP contribution in [0.5, 0.6) is 0 Å². The summed E-state index contributed by atoms with van der Waals surface area (Å²) in [4.78, 5) is 4.11. The molecule has 4 heteroatoms. The van der Waals surface area contributed by atoms with Crippen molar-refractivity contribution in [1.82, 2.24) is 9.38 Å². The van der Waals surface area contributed by atoms with Gasteiger partial charge in [-0.1, -0.05) is 13.8 Å². The van der Waals surface area contributed by atoms with E-state index in [9.17, 15) is 0 Å². The summed E-state index contributed by atoms with van der Waals surface area (Å²) in [6, 6.07) is 3.81. The van der Waals surface area contributed by atoms with E-state index in [1.807, 2.05) is 36.6 Å². The van der Waals surface area contributed by atoms with Crippen molar-refractivity contribution in [2.75, 3.05) is 0 Å². The molecule has 2 rings (SSSR count). The molecule has 0 unspecified atom stereocenters. The van der Waals surface area contributed by atoms with Gasteiger partial charge in [0.25, 0.3) is 0 Å². The van der Waals surface area contributed by atoms with E-state index in [-0.39, 0.29) is 6.61 Å². The van der Waals surface area contributed by atoms with E-state index in [1.165, 1.54) is 0 Å². The third-order valence-corrected chi connectivity index (χ3v) is 2.18. The first-order chi connectivity index (χ1) is 6.81. The van der Waals surface area contributed by atoms with Gasteiger partial charge < -0.3 is 9.51 Å². The Morgan fingerprint density at radius 2 is 2.14 bits per heavy atom. The van der Waals surface area contributed by atoms with Crippen LogP contribution in [0.3, 0.4) is 0 Å². The van der Waals surface area contributed by atoms with Crippen LogP contribution in [-0.2, 0) is 6.61 Å². The molecule has 0 amide bonds. The predicted octanol–water partition coefficient (Wildman–Crippen LogP) is 2.62. The summed E-state index contributed by atoms with van der Waals surface area (Å²) < 4.78 is 2.83. The maximum Gasteiger partial charge on any atom is 0.137 e. The number of aliphatic hydroxyl groups is 1. The molecule has 3 nitrogen and oxygen atoms in total. The number of halogens is 1. The number of fused-ring (bicyclic) bond motifs is 1. The third kappa shape index (κ3) is 2.13. The lowest BCUT2D eigenvalue weighted by Crippen LogP contribution is -1.91. The van der Waals surface area contributed by atoms with E-state index in [0.29, 0.717) is 0 Å². The topological polar surface area (TPSA) is 37.5 Å². The average molecular weight is 257 g/mol. The third-order valence-electron chi connectivity index (χ3n) is 1.71. The summed E-state index contributed by atoms with van der Waals surface area (Å²) >= 11 is 3.35. The fourth-order valence-electron chi connectivity index (χ4n) is 1.12. The summed E-state index contributed by atoms with van der Waals surface area (Å²) in [6.45, 7) is 4.01. The number of hydrogen-bond donors (Lipinski definition) is 1. The van der Waals surface area contributed by atoms with Gasteiger partial charge >= 0.3 is 0 Å². The van der Waals surface area contributed by atoms with Gasteiger partial charge in [-0.05, 0) is 28.1 Å². The standard InChI is InChI=1S/C8H7BrN2O.C2H6/c9-6-1-2-8-10-3-7(5-12)11(8)4-6;1-2/h1-4,12H,5H2;1-2H3. The SMILES string of the molecule is CC.OCc1cnc2ccc(Br)cn12. The van der Waals surface area contributed by atoms with Crippen LogP contribution in [0.4, 0.5) is 0 Å². The lowest BCUT2D eigenvalue weighted by atomic mass is 10.4. The molecule has 0 spiro atoms. The van der Waals surface area contributed by atoms with E-state index in [0.717, 1.165) is 15.8 Å². The largest absolute Gasteiger partial charge is 0.390 e. The lowest BCUT2D eigenvalue weighted by Gasteiger charge is -1.97. The molecule has 1 N–H and O–H groups in total. The monoisotopic (exact) mass is 256 g/mol. The number of aliphatic hydroxyl groups excluding tert-OH is 1. The smallest absolute Gasteiger partial charge is 0.137 e. The Morgan fingerprint density at radius 1 is 1.43 bits per heavy atom. The van der Waals surface area contributed by atoms with Crippen molar-refractivity contribution < 1.29 is 5.11 Å². The molecule has 0 bridgehead atoms. The fraction of sp³-hybridized carbons (Fsp3) is 0.300. The van der Waals surface area contributed by atoms with Crippen LogP contribution < -0.4 is 0 Å². The zero-order valence-electron chi connectivity index (χ0n) is 8.24. The molecule has 0 aliphatic carbocycles. The maximum atomic E-state index is 8.94. The van der Waals surface area contributed by atoms with Gasteiger partial charge in [-0.15, -0.1) is 0 Å². The molecule has 0 aromatic carbocycles. The number of imidazole rings is 1.